The molecule has 0 aromatic heterocycles. The van der Waals surface area contributed by atoms with Crippen molar-refractivity contribution in [3.8, 4) is 0 Å². The van der Waals surface area contributed by atoms with E-state index in [1.54, 1.807) is 0 Å². The molecule has 1 aromatic rings. The van der Waals surface area contributed by atoms with Crippen molar-refractivity contribution in [1.29, 1.82) is 0 Å². The van der Waals surface area contributed by atoms with Crippen molar-refractivity contribution in [2.75, 3.05) is 0 Å². The Morgan fingerprint density at radius 1 is 1.05 bits per heavy atom. The van der Waals surface area contributed by atoms with Crippen LogP contribution in [0.2, 0.25) is 0 Å². The van der Waals surface area contributed by atoms with Crippen LogP contribution in [0, 0.1) is 19.8 Å². The summed E-state index contributed by atoms with van der Waals surface area (Å²) >= 11 is 0. The van der Waals surface area contributed by atoms with E-state index in [2.05, 4.69) is 44.3 Å². The van der Waals surface area contributed by atoms with Gasteiger partial charge in [-0.2, -0.15) is 0 Å². The van der Waals surface area contributed by atoms with Crippen LogP contribution >= 0.6 is 0 Å². The maximum Gasteiger partial charge on any atom is 0.0208 e. The van der Waals surface area contributed by atoms with Crippen LogP contribution in [-0.2, 0) is 6.54 Å². The molecule has 0 amide bonds. The van der Waals surface area contributed by atoms with Gasteiger partial charge < -0.3 is 5.32 Å². The molecule has 1 nitrogen and oxygen atoms in total. The molecule has 19 heavy (non-hydrogen) atoms. The Bertz CT molecular complexity index is 389. The molecule has 0 aliphatic heterocycles. The lowest BCUT2D eigenvalue weighted by molar-refractivity contribution is 0.336. The third kappa shape index (κ3) is 4.35. The lowest BCUT2D eigenvalue weighted by atomic mass is 9.93. The average Bonchev–Trinajstić information content (AvgIpc) is 2.69. The van der Waals surface area contributed by atoms with Crippen LogP contribution < -0.4 is 5.32 Å². The Labute approximate surface area is 118 Å². The predicted octanol–water partition coefficient (Wildman–Crippen LogP) is 4.75. The molecule has 1 fully saturated rings. The molecule has 1 heteroatoms. The molecule has 1 atom stereocenters. The fourth-order valence-electron chi connectivity index (χ4n) is 3.17. The summed E-state index contributed by atoms with van der Waals surface area (Å²) in [5.41, 5.74) is 4.21. The van der Waals surface area contributed by atoms with Crippen molar-refractivity contribution in [3.63, 3.8) is 0 Å². The third-order valence-corrected chi connectivity index (χ3v) is 4.81. The lowest BCUT2D eigenvalue weighted by Gasteiger charge is -2.24. The van der Waals surface area contributed by atoms with E-state index in [9.17, 15) is 0 Å². The zero-order valence-electron chi connectivity index (χ0n) is 12.8. The minimum Gasteiger partial charge on any atom is -0.310 e. The number of aryl methyl sites for hydroxylation is 2. The summed E-state index contributed by atoms with van der Waals surface area (Å²) in [4.78, 5) is 0. The third-order valence-electron chi connectivity index (χ3n) is 4.81. The second kappa shape index (κ2) is 7.09. The molecule has 2 rings (SSSR count). The maximum atomic E-state index is 3.74. The summed E-state index contributed by atoms with van der Waals surface area (Å²) < 4.78 is 0. The van der Waals surface area contributed by atoms with Crippen molar-refractivity contribution in [1.82, 2.24) is 5.32 Å². The highest BCUT2D eigenvalue weighted by molar-refractivity contribution is 5.29. The van der Waals surface area contributed by atoms with Crippen molar-refractivity contribution in [2.45, 2.75) is 71.9 Å². The fourth-order valence-corrected chi connectivity index (χ4v) is 3.17. The van der Waals surface area contributed by atoms with Crippen molar-refractivity contribution < 1.29 is 0 Å². The first-order chi connectivity index (χ1) is 9.16. The van der Waals surface area contributed by atoms with E-state index in [4.69, 9.17) is 0 Å². The van der Waals surface area contributed by atoms with E-state index in [1.165, 1.54) is 55.2 Å². The average molecular weight is 259 g/mol. The molecule has 1 saturated carbocycles. The van der Waals surface area contributed by atoms with E-state index in [0.29, 0.717) is 6.04 Å². The van der Waals surface area contributed by atoms with Gasteiger partial charge in [0.15, 0.2) is 0 Å². The number of hydrogen-bond donors (Lipinski definition) is 1. The molecule has 1 aliphatic rings. The Morgan fingerprint density at radius 2 is 1.74 bits per heavy atom. The molecule has 1 N–H and O–H groups in total. The largest absolute Gasteiger partial charge is 0.310 e. The molecule has 0 bridgehead atoms. The number of nitrogens with one attached hydrogen (secondary N) is 1. The summed E-state index contributed by atoms with van der Waals surface area (Å²) in [6.45, 7) is 7.77. The monoisotopic (exact) mass is 259 g/mol. The SMILES string of the molecule is Cc1ccc(CN[C@@H](C)C2CCCCCC2)cc1C. The molecule has 0 unspecified atom stereocenters. The summed E-state index contributed by atoms with van der Waals surface area (Å²) in [7, 11) is 0. The minimum atomic E-state index is 0.653. The van der Waals surface area contributed by atoms with Crippen LogP contribution in [0.25, 0.3) is 0 Å². The molecular formula is C18H29N. The van der Waals surface area contributed by atoms with E-state index >= 15 is 0 Å². The van der Waals surface area contributed by atoms with Gasteiger partial charge in [-0.3, -0.25) is 0 Å². The molecule has 1 aromatic carbocycles. The van der Waals surface area contributed by atoms with E-state index in [1.807, 2.05) is 0 Å². The van der Waals surface area contributed by atoms with Crippen LogP contribution in [-0.4, -0.2) is 6.04 Å². The first kappa shape index (κ1) is 14.6. The molecule has 0 saturated heterocycles. The minimum absolute atomic E-state index is 0.653. The molecule has 106 valence electrons. The van der Waals surface area contributed by atoms with Crippen LogP contribution in [0.15, 0.2) is 18.2 Å². The molecule has 0 spiro atoms. The summed E-state index contributed by atoms with van der Waals surface area (Å²) in [5, 5.41) is 3.74. The smallest absolute Gasteiger partial charge is 0.0208 e. The Morgan fingerprint density at radius 3 is 2.37 bits per heavy atom. The van der Waals surface area contributed by atoms with E-state index < -0.39 is 0 Å². The first-order valence-electron chi connectivity index (χ1n) is 7.96. The highest BCUT2D eigenvalue weighted by Crippen LogP contribution is 2.25. The zero-order valence-corrected chi connectivity index (χ0v) is 12.8. The second-order valence-corrected chi connectivity index (χ2v) is 6.34. The van der Waals surface area contributed by atoms with Gasteiger partial charge in [-0.1, -0.05) is 43.9 Å². The van der Waals surface area contributed by atoms with Gasteiger partial charge in [0.05, 0.1) is 0 Å². The number of benzene rings is 1. The van der Waals surface area contributed by atoms with Gasteiger partial charge in [0.1, 0.15) is 0 Å². The van der Waals surface area contributed by atoms with Crippen LogP contribution in [0.5, 0.6) is 0 Å². The molecule has 0 radical (unpaired) electrons. The molecule has 1 aliphatic carbocycles. The maximum absolute atomic E-state index is 3.74. The van der Waals surface area contributed by atoms with Gasteiger partial charge >= 0.3 is 0 Å². The summed E-state index contributed by atoms with van der Waals surface area (Å²) in [5.74, 6) is 0.883. The predicted molar refractivity (Wildman–Crippen MR) is 83.4 cm³/mol. The Kier molecular flexibility index (Phi) is 5.45. The zero-order chi connectivity index (χ0) is 13.7. The standard InChI is InChI=1S/C18H29N/c1-14-10-11-17(12-15(14)2)13-19-16(3)18-8-6-4-5-7-9-18/h10-12,16,18-19H,4-9,13H2,1-3H3/t16-/m0/s1. The van der Waals surface area contributed by atoms with Crippen molar-refractivity contribution >= 4 is 0 Å². The Balaban J connectivity index is 1.84. The van der Waals surface area contributed by atoms with Crippen LogP contribution in [0.3, 0.4) is 0 Å². The van der Waals surface area contributed by atoms with Gasteiger partial charge in [-0.15, -0.1) is 0 Å². The summed E-state index contributed by atoms with van der Waals surface area (Å²) in [6.07, 6.45) is 8.59. The first-order valence-corrected chi connectivity index (χ1v) is 7.96. The van der Waals surface area contributed by atoms with E-state index in [-0.39, 0.29) is 0 Å². The lowest BCUT2D eigenvalue weighted by Crippen LogP contribution is -2.32. The van der Waals surface area contributed by atoms with Gasteiger partial charge in [0, 0.05) is 12.6 Å². The fraction of sp³-hybridized carbons (Fsp3) is 0.667. The highest BCUT2D eigenvalue weighted by atomic mass is 14.9. The van der Waals surface area contributed by atoms with E-state index in [0.717, 1.165) is 12.5 Å². The highest BCUT2D eigenvalue weighted by Gasteiger charge is 2.18. The normalized spacial score (nSPS) is 19.1. The van der Waals surface area contributed by atoms with Gasteiger partial charge in [0.2, 0.25) is 0 Å². The van der Waals surface area contributed by atoms with Gasteiger partial charge in [-0.05, 0) is 56.2 Å². The van der Waals surface area contributed by atoms with Gasteiger partial charge in [-0.25, -0.2) is 0 Å². The van der Waals surface area contributed by atoms with Crippen molar-refractivity contribution in [2.24, 2.45) is 5.92 Å². The summed E-state index contributed by atoms with van der Waals surface area (Å²) in [6, 6.07) is 7.47. The second-order valence-electron chi connectivity index (χ2n) is 6.34. The van der Waals surface area contributed by atoms with Crippen LogP contribution in [0.1, 0.15) is 62.1 Å². The van der Waals surface area contributed by atoms with Gasteiger partial charge in [0.25, 0.3) is 0 Å². The van der Waals surface area contributed by atoms with Crippen LogP contribution in [0.4, 0.5) is 0 Å². The molecule has 0 heterocycles. The van der Waals surface area contributed by atoms with Crippen molar-refractivity contribution in [3.05, 3.63) is 34.9 Å². The topological polar surface area (TPSA) is 12.0 Å². The number of rotatable bonds is 4. The quantitative estimate of drug-likeness (QED) is 0.769. The molecular weight excluding hydrogens is 230 g/mol. The Hall–Kier alpha value is -0.820. The number of hydrogen-bond acceptors (Lipinski definition) is 1.